The van der Waals surface area contributed by atoms with E-state index >= 15 is 0 Å². The third-order valence-electron chi connectivity index (χ3n) is 5.31. The minimum atomic E-state index is -0.116. The second-order valence-corrected chi connectivity index (χ2v) is 8.19. The van der Waals surface area contributed by atoms with E-state index in [9.17, 15) is 4.79 Å². The van der Waals surface area contributed by atoms with E-state index < -0.39 is 0 Å². The van der Waals surface area contributed by atoms with E-state index in [1.165, 1.54) is 28.4 Å². The average molecular weight is 344 g/mol. The van der Waals surface area contributed by atoms with Crippen LogP contribution in [-0.4, -0.2) is 39.0 Å². The van der Waals surface area contributed by atoms with Crippen molar-refractivity contribution in [3.63, 3.8) is 0 Å². The third-order valence-corrected chi connectivity index (χ3v) is 6.63. The predicted molar refractivity (Wildman–Crippen MR) is 88.3 cm³/mol. The number of amides is 1. The molecule has 2 aromatic rings. The number of likely N-dealkylation sites (tertiary alicyclic amines) is 1. The zero-order valence-corrected chi connectivity index (χ0v) is 14.3. The van der Waals surface area contributed by atoms with Crippen LogP contribution in [0.2, 0.25) is 0 Å². The topological polar surface area (TPSA) is 72.1 Å². The second-order valence-electron chi connectivity index (χ2n) is 7.07. The number of hydrogen-bond donors (Lipinski definition) is 0. The minimum Gasteiger partial charge on any atom is -0.334 e. The van der Waals surface area contributed by atoms with Crippen molar-refractivity contribution in [3.05, 3.63) is 27.3 Å². The van der Waals surface area contributed by atoms with Crippen LogP contribution < -0.4 is 0 Å². The molecular formula is C17H20N4O2S. The molecule has 2 aromatic heterocycles. The molecule has 1 amide bonds. The highest BCUT2D eigenvalue weighted by Gasteiger charge is 2.33. The fraction of sp³-hybridized carbons (Fsp3) is 0.647. The predicted octanol–water partition coefficient (Wildman–Crippen LogP) is 2.91. The molecule has 0 bridgehead atoms. The summed E-state index contributed by atoms with van der Waals surface area (Å²) in [6, 6.07) is 0. The number of aryl methyl sites for hydroxylation is 2. The largest absolute Gasteiger partial charge is 0.334 e. The molecule has 0 spiro atoms. The van der Waals surface area contributed by atoms with Crippen molar-refractivity contribution < 1.29 is 9.32 Å². The van der Waals surface area contributed by atoms with Gasteiger partial charge in [0.25, 0.3) is 0 Å². The molecule has 5 rings (SSSR count). The lowest BCUT2D eigenvalue weighted by Crippen LogP contribution is -2.38. The van der Waals surface area contributed by atoms with Gasteiger partial charge in [0.05, 0.1) is 10.7 Å². The Morgan fingerprint density at radius 3 is 2.67 bits per heavy atom. The number of hydrogen-bond acceptors (Lipinski definition) is 6. The fourth-order valence-electron chi connectivity index (χ4n) is 3.68. The standard InChI is InChI=1S/C17H20N4O2S/c22-17(15-19-14(20-23-15)10-4-5-10)21-8-6-11(7-9-21)16-18-12-2-1-3-13(12)24-16/h10-11H,1-9H2. The number of aromatic nitrogens is 3. The van der Waals surface area contributed by atoms with Crippen LogP contribution in [0.5, 0.6) is 0 Å². The van der Waals surface area contributed by atoms with Crippen LogP contribution in [0, 0.1) is 0 Å². The summed E-state index contributed by atoms with van der Waals surface area (Å²) in [7, 11) is 0. The van der Waals surface area contributed by atoms with E-state index in [1.54, 1.807) is 0 Å². The normalized spacial score (nSPS) is 21.2. The molecule has 1 saturated heterocycles. The number of carbonyl (C=O) groups is 1. The van der Waals surface area contributed by atoms with Gasteiger partial charge >= 0.3 is 11.8 Å². The molecule has 3 aliphatic rings. The number of rotatable bonds is 3. The Kier molecular flexibility index (Phi) is 3.43. The molecule has 2 aliphatic carbocycles. The number of nitrogens with zero attached hydrogens (tertiary/aromatic N) is 4. The van der Waals surface area contributed by atoms with E-state index in [-0.39, 0.29) is 11.8 Å². The summed E-state index contributed by atoms with van der Waals surface area (Å²) in [6.45, 7) is 1.49. The second kappa shape index (κ2) is 5.65. The molecule has 7 heteroatoms. The zero-order valence-electron chi connectivity index (χ0n) is 13.5. The average Bonchev–Trinajstić information content (AvgIpc) is 3.01. The maximum Gasteiger partial charge on any atom is 0.316 e. The Labute approximate surface area is 144 Å². The molecule has 24 heavy (non-hydrogen) atoms. The summed E-state index contributed by atoms with van der Waals surface area (Å²) < 4.78 is 5.17. The summed E-state index contributed by atoms with van der Waals surface area (Å²) in [5, 5.41) is 5.22. The quantitative estimate of drug-likeness (QED) is 0.856. The number of carbonyl (C=O) groups excluding carboxylic acids is 1. The van der Waals surface area contributed by atoms with Gasteiger partial charge in [-0.2, -0.15) is 4.98 Å². The van der Waals surface area contributed by atoms with Gasteiger partial charge in [0.15, 0.2) is 5.82 Å². The van der Waals surface area contributed by atoms with Gasteiger partial charge in [0.1, 0.15) is 0 Å². The molecule has 3 heterocycles. The van der Waals surface area contributed by atoms with Crippen LogP contribution >= 0.6 is 11.3 Å². The molecule has 0 N–H and O–H groups in total. The molecule has 0 aromatic carbocycles. The van der Waals surface area contributed by atoms with E-state index in [0.717, 1.165) is 45.2 Å². The van der Waals surface area contributed by atoms with Gasteiger partial charge in [0, 0.05) is 29.8 Å². The van der Waals surface area contributed by atoms with Gasteiger partial charge in [-0.25, -0.2) is 4.98 Å². The van der Waals surface area contributed by atoms with Crippen LogP contribution in [-0.2, 0) is 12.8 Å². The Morgan fingerprint density at radius 1 is 1.08 bits per heavy atom. The van der Waals surface area contributed by atoms with Gasteiger partial charge < -0.3 is 9.42 Å². The highest BCUT2D eigenvalue weighted by atomic mass is 32.1. The van der Waals surface area contributed by atoms with Crippen LogP contribution in [0.1, 0.15) is 76.0 Å². The Bertz CT molecular complexity index is 750. The summed E-state index contributed by atoms with van der Waals surface area (Å²) in [5.41, 5.74) is 1.33. The highest BCUT2D eigenvalue weighted by molar-refractivity contribution is 7.11. The number of fused-ring (bicyclic) bond motifs is 1. The van der Waals surface area contributed by atoms with Crippen LogP contribution in [0.15, 0.2) is 4.52 Å². The maximum atomic E-state index is 12.5. The lowest BCUT2D eigenvalue weighted by Gasteiger charge is -2.30. The van der Waals surface area contributed by atoms with Crippen molar-refractivity contribution in [1.29, 1.82) is 0 Å². The first-order valence-corrected chi connectivity index (χ1v) is 9.71. The minimum absolute atomic E-state index is 0.116. The van der Waals surface area contributed by atoms with E-state index in [2.05, 4.69) is 10.1 Å². The van der Waals surface area contributed by atoms with Crippen molar-refractivity contribution in [2.75, 3.05) is 13.1 Å². The van der Waals surface area contributed by atoms with Crippen molar-refractivity contribution in [2.24, 2.45) is 0 Å². The molecule has 1 aliphatic heterocycles. The lowest BCUT2D eigenvalue weighted by molar-refractivity contribution is 0.0662. The van der Waals surface area contributed by atoms with Crippen molar-refractivity contribution in [3.8, 4) is 0 Å². The summed E-state index contributed by atoms with van der Waals surface area (Å²) in [6.07, 6.45) is 7.76. The van der Waals surface area contributed by atoms with Crippen molar-refractivity contribution in [1.82, 2.24) is 20.0 Å². The van der Waals surface area contributed by atoms with Gasteiger partial charge in [-0.3, -0.25) is 4.79 Å². The molecule has 126 valence electrons. The molecule has 1 saturated carbocycles. The first-order valence-electron chi connectivity index (χ1n) is 8.89. The van der Waals surface area contributed by atoms with Crippen molar-refractivity contribution in [2.45, 2.75) is 56.8 Å². The number of thiazole rings is 1. The first kappa shape index (κ1) is 14.6. The van der Waals surface area contributed by atoms with Gasteiger partial charge in [-0.05, 0) is 44.9 Å². The molecule has 0 radical (unpaired) electrons. The van der Waals surface area contributed by atoms with Crippen LogP contribution in [0.4, 0.5) is 0 Å². The maximum absolute atomic E-state index is 12.5. The highest BCUT2D eigenvalue weighted by Crippen LogP contribution is 2.38. The Morgan fingerprint density at radius 2 is 1.92 bits per heavy atom. The Hall–Kier alpha value is -1.76. The SMILES string of the molecule is O=C(c1nc(C2CC2)no1)N1CCC(c2nc3c(s2)CCC3)CC1. The van der Waals surface area contributed by atoms with Gasteiger partial charge in [0.2, 0.25) is 0 Å². The molecule has 6 nitrogen and oxygen atoms in total. The summed E-state index contributed by atoms with van der Waals surface area (Å²) >= 11 is 1.89. The van der Waals surface area contributed by atoms with E-state index in [1.807, 2.05) is 16.2 Å². The summed E-state index contributed by atoms with van der Waals surface area (Å²) in [4.78, 5) is 25.0. The van der Waals surface area contributed by atoms with Gasteiger partial charge in [-0.15, -0.1) is 11.3 Å². The van der Waals surface area contributed by atoms with Gasteiger partial charge in [-0.1, -0.05) is 5.16 Å². The fourth-order valence-corrected chi connectivity index (χ4v) is 5.00. The molecular weight excluding hydrogens is 324 g/mol. The molecule has 2 fully saturated rings. The van der Waals surface area contributed by atoms with E-state index in [4.69, 9.17) is 9.51 Å². The van der Waals surface area contributed by atoms with Crippen molar-refractivity contribution >= 4 is 17.2 Å². The van der Waals surface area contributed by atoms with Crippen LogP contribution in [0.25, 0.3) is 0 Å². The first-order chi connectivity index (χ1) is 11.8. The zero-order chi connectivity index (χ0) is 16.1. The molecule has 0 unspecified atom stereocenters. The smallest absolute Gasteiger partial charge is 0.316 e. The Balaban J connectivity index is 1.23. The molecule has 0 atom stereocenters. The third kappa shape index (κ3) is 2.55. The number of piperidine rings is 1. The van der Waals surface area contributed by atoms with Crippen LogP contribution in [0.3, 0.4) is 0 Å². The monoisotopic (exact) mass is 344 g/mol. The lowest BCUT2D eigenvalue weighted by atomic mass is 9.97. The van der Waals surface area contributed by atoms with E-state index in [0.29, 0.717) is 17.7 Å². The summed E-state index contributed by atoms with van der Waals surface area (Å²) in [5.74, 6) is 1.64.